The number of anilines is 3. The predicted octanol–water partition coefficient (Wildman–Crippen LogP) is 2.38. The minimum absolute atomic E-state index is 0.170. The highest BCUT2D eigenvalue weighted by Gasteiger charge is 2.47. The largest absolute Gasteiger partial charge is 0.351 e. The first-order valence-electron chi connectivity index (χ1n) is 10.6. The Morgan fingerprint density at radius 1 is 1.35 bits per heavy atom. The third-order valence-electron chi connectivity index (χ3n) is 6.02. The van der Waals surface area contributed by atoms with Gasteiger partial charge in [0.05, 0.1) is 35.8 Å². The molecule has 0 spiro atoms. The Morgan fingerprint density at radius 3 is 2.81 bits per heavy atom. The molecule has 164 valence electrons. The van der Waals surface area contributed by atoms with Gasteiger partial charge in [-0.25, -0.2) is 9.37 Å². The van der Waals surface area contributed by atoms with Gasteiger partial charge in [0.15, 0.2) is 0 Å². The molecule has 3 heterocycles. The van der Waals surface area contributed by atoms with Crippen LogP contribution in [0.3, 0.4) is 0 Å². The molecule has 0 radical (unpaired) electrons. The number of nitriles is 1. The quantitative estimate of drug-likeness (QED) is 0.729. The zero-order valence-corrected chi connectivity index (χ0v) is 17.8. The van der Waals surface area contributed by atoms with E-state index in [9.17, 15) is 14.4 Å². The van der Waals surface area contributed by atoms with Gasteiger partial charge >= 0.3 is 0 Å². The highest BCUT2D eigenvalue weighted by molar-refractivity contribution is 5.81. The summed E-state index contributed by atoms with van der Waals surface area (Å²) >= 11 is 0. The van der Waals surface area contributed by atoms with E-state index in [0.717, 1.165) is 29.9 Å². The lowest BCUT2D eigenvalue weighted by Gasteiger charge is -2.50. The molecule has 2 fully saturated rings. The van der Waals surface area contributed by atoms with Crippen molar-refractivity contribution < 1.29 is 9.18 Å². The molecule has 1 aliphatic carbocycles. The second-order valence-electron chi connectivity index (χ2n) is 8.60. The first-order valence-corrected chi connectivity index (χ1v) is 10.6. The Labute approximate surface area is 180 Å². The minimum atomic E-state index is -1.10. The van der Waals surface area contributed by atoms with Gasteiger partial charge < -0.3 is 15.5 Å². The van der Waals surface area contributed by atoms with Crippen LogP contribution in [0.4, 0.5) is 21.8 Å². The molecule has 2 unspecified atom stereocenters. The van der Waals surface area contributed by atoms with Crippen molar-refractivity contribution in [2.75, 3.05) is 23.3 Å². The van der Waals surface area contributed by atoms with E-state index in [0.29, 0.717) is 31.9 Å². The van der Waals surface area contributed by atoms with E-state index >= 15 is 0 Å². The van der Waals surface area contributed by atoms with Crippen LogP contribution in [0.25, 0.3) is 0 Å². The lowest BCUT2D eigenvalue weighted by molar-refractivity contribution is -0.130. The average molecular weight is 427 g/mol. The van der Waals surface area contributed by atoms with E-state index in [-0.39, 0.29) is 12.3 Å². The van der Waals surface area contributed by atoms with Gasteiger partial charge in [0.1, 0.15) is 12.0 Å². The Kier molecular flexibility index (Phi) is 5.76. The molecule has 1 saturated heterocycles. The topological polar surface area (TPSA) is 112 Å². The molecule has 31 heavy (non-hydrogen) atoms. The minimum Gasteiger partial charge on any atom is -0.351 e. The van der Waals surface area contributed by atoms with Crippen LogP contribution in [0.1, 0.15) is 37.7 Å². The van der Waals surface area contributed by atoms with Gasteiger partial charge in [-0.3, -0.25) is 9.48 Å². The molecule has 1 saturated carbocycles. The fourth-order valence-corrected chi connectivity index (χ4v) is 4.38. The summed E-state index contributed by atoms with van der Waals surface area (Å²) in [5.74, 6) is 0.290. The van der Waals surface area contributed by atoms with Gasteiger partial charge in [0.2, 0.25) is 11.9 Å². The van der Waals surface area contributed by atoms with Crippen LogP contribution in [-0.2, 0) is 11.8 Å². The van der Waals surface area contributed by atoms with E-state index < -0.39 is 17.6 Å². The Morgan fingerprint density at radius 2 is 2.13 bits per heavy atom. The number of nitrogens with zero attached hydrogens (tertiary/aromatic N) is 6. The van der Waals surface area contributed by atoms with Crippen molar-refractivity contribution in [1.82, 2.24) is 25.1 Å². The molecular formula is C21H27FN8O. The molecule has 10 heteroatoms. The maximum Gasteiger partial charge on any atom is 0.229 e. The number of alkyl halides is 1. The third-order valence-corrected chi connectivity index (χ3v) is 6.02. The number of amides is 1. The summed E-state index contributed by atoms with van der Waals surface area (Å²) in [5.41, 5.74) is 0.988. The SMILES string of the molecule is Cc1cnc(Nc2cnn(C)c2)nc1N1CC(CC#N)(NC(=O)C2CCCCC2F)C1. The Balaban J connectivity index is 1.45. The Bertz CT molecular complexity index is 994. The zero-order valence-electron chi connectivity index (χ0n) is 17.8. The van der Waals surface area contributed by atoms with E-state index in [1.807, 2.05) is 25.1 Å². The van der Waals surface area contributed by atoms with Crippen LogP contribution in [0.2, 0.25) is 0 Å². The third kappa shape index (κ3) is 4.45. The summed E-state index contributed by atoms with van der Waals surface area (Å²) in [7, 11) is 1.83. The van der Waals surface area contributed by atoms with Crippen molar-refractivity contribution in [2.24, 2.45) is 13.0 Å². The van der Waals surface area contributed by atoms with Crippen LogP contribution < -0.4 is 15.5 Å². The molecule has 4 rings (SSSR count). The first kappa shape index (κ1) is 21.0. The molecule has 2 aliphatic rings. The average Bonchev–Trinajstić information content (AvgIpc) is 3.12. The van der Waals surface area contributed by atoms with Crippen molar-refractivity contribution in [3.05, 3.63) is 24.2 Å². The maximum atomic E-state index is 14.2. The highest BCUT2D eigenvalue weighted by Crippen LogP contribution is 2.33. The van der Waals surface area contributed by atoms with Gasteiger partial charge in [-0.05, 0) is 19.8 Å². The molecule has 0 aromatic carbocycles. The molecule has 2 N–H and O–H groups in total. The second kappa shape index (κ2) is 8.49. The number of hydrogen-bond donors (Lipinski definition) is 2. The standard InChI is InChI=1S/C21H27FN8O/c1-14-9-24-20(26-15-10-25-29(2)11-15)27-18(14)30-12-21(13-30,7-8-23)28-19(31)16-5-3-4-6-17(16)22/h9-11,16-17H,3-7,12-13H2,1-2H3,(H,28,31)(H,24,26,27). The molecular weight excluding hydrogens is 399 g/mol. The van der Waals surface area contributed by atoms with E-state index in [4.69, 9.17) is 0 Å². The number of aromatic nitrogens is 4. The first-order chi connectivity index (χ1) is 14.9. The van der Waals surface area contributed by atoms with E-state index in [1.165, 1.54) is 0 Å². The lowest BCUT2D eigenvalue weighted by atomic mass is 9.83. The summed E-state index contributed by atoms with van der Waals surface area (Å²) in [5, 5.41) is 19.6. The van der Waals surface area contributed by atoms with Gasteiger partial charge in [-0.1, -0.05) is 12.8 Å². The second-order valence-corrected chi connectivity index (χ2v) is 8.60. The number of hydrogen-bond acceptors (Lipinski definition) is 7. The molecule has 0 bridgehead atoms. The predicted molar refractivity (Wildman–Crippen MR) is 113 cm³/mol. The normalized spacial score (nSPS) is 22.3. The van der Waals surface area contributed by atoms with Gasteiger partial charge in [0, 0.05) is 38.1 Å². The van der Waals surface area contributed by atoms with Gasteiger partial charge in [-0.15, -0.1) is 0 Å². The van der Waals surface area contributed by atoms with Crippen molar-refractivity contribution in [3.8, 4) is 6.07 Å². The molecule has 2 aromatic rings. The van der Waals surface area contributed by atoms with Crippen molar-refractivity contribution >= 4 is 23.4 Å². The van der Waals surface area contributed by atoms with Crippen molar-refractivity contribution in [1.29, 1.82) is 5.26 Å². The summed E-state index contributed by atoms with van der Waals surface area (Å²) in [6.45, 7) is 2.81. The van der Waals surface area contributed by atoms with Gasteiger partial charge in [0.25, 0.3) is 0 Å². The summed E-state index contributed by atoms with van der Waals surface area (Å²) in [4.78, 5) is 23.7. The number of rotatable bonds is 6. The molecule has 9 nitrogen and oxygen atoms in total. The summed E-state index contributed by atoms with van der Waals surface area (Å²) in [6.07, 6.45) is 6.99. The fourth-order valence-electron chi connectivity index (χ4n) is 4.38. The lowest BCUT2D eigenvalue weighted by Crippen LogP contribution is -2.71. The number of aryl methyl sites for hydroxylation is 2. The molecule has 1 aliphatic heterocycles. The number of nitrogens with one attached hydrogen (secondary N) is 2. The monoisotopic (exact) mass is 426 g/mol. The smallest absolute Gasteiger partial charge is 0.229 e. The Hall–Kier alpha value is -3.22. The zero-order chi connectivity index (χ0) is 22.0. The van der Waals surface area contributed by atoms with Crippen LogP contribution >= 0.6 is 0 Å². The van der Waals surface area contributed by atoms with Crippen LogP contribution in [-0.4, -0.2) is 50.5 Å². The van der Waals surface area contributed by atoms with Crippen LogP contribution in [0, 0.1) is 24.2 Å². The number of carbonyl (C=O) groups excluding carboxylic acids is 1. The van der Waals surface area contributed by atoms with Gasteiger partial charge in [-0.2, -0.15) is 15.3 Å². The highest BCUT2D eigenvalue weighted by atomic mass is 19.1. The van der Waals surface area contributed by atoms with E-state index in [2.05, 4.69) is 31.8 Å². The van der Waals surface area contributed by atoms with Crippen molar-refractivity contribution in [3.63, 3.8) is 0 Å². The van der Waals surface area contributed by atoms with Crippen LogP contribution in [0.15, 0.2) is 18.6 Å². The summed E-state index contributed by atoms with van der Waals surface area (Å²) in [6, 6.07) is 2.17. The fraction of sp³-hybridized carbons (Fsp3) is 0.571. The van der Waals surface area contributed by atoms with Crippen molar-refractivity contribution in [2.45, 2.75) is 50.7 Å². The molecule has 2 aromatic heterocycles. The number of carbonyl (C=O) groups is 1. The number of halogens is 1. The molecule has 2 atom stereocenters. The summed E-state index contributed by atoms with van der Waals surface area (Å²) < 4.78 is 15.9. The maximum absolute atomic E-state index is 14.2. The van der Waals surface area contributed by atoms with E-state index in [1.54, 1.807) is 17.1 Å². The molecule has 1 amide bonds. The van der Waals surface area contributed by atoms with Crippen LogP contribution in [0.5, 0.6) is 0 Å².